The number of benzene rings is 1. The molecular formula is C13H13NO3. The third-order valence-corrected chi connectivity index (χ3v) is 2.79. The lowest BCUT2D eigenvalue weighted by Crippen LogP contribution is -2.14. The number of nitrogens with one attached hydrogen (secondary N) is 1. The Balaban J connectivity index is 2.48. The number of aliphatic carboxylic acids is 1. The number of ketones is 1. The number of hydrogen-bond acceptors (Lipinski definition) is 2. The first kappa shape index (κ1) is 11.4. The molecule has 0 aliphatic rings. The number of H-pyrrole nitrogens is 1. The fourth-order valence-corrected chi connectivity index (χ4v) is 2.00. The third kappa shape index (κ3) is 2.20. The predicted molar refractivity (Wildman–Crippen MR) is 64.0 cm³/mol. The summed E-state index contributed by atoms with van der Waals surface area (Å²) in [5.74, 6) is -1.86. The topological polar surface area (TPSA) is 70.2 Å². The van der Waals surface area contributed by atoms with Crippen LogP contribution < -0.4 is 0 Å². The molecule has 0 aliphatic heterocycles. The summed E-state index contributed by atoms with van der Waals surface area (Å²) in [4.78, 5) is 25.3. The maximum Gasteiger partial charge on any atom is 0.311 e. The van der Waals surface area contributed by atoms with Crippen LogP contribution in [0.15, 0.2) is 30.5 Å². The van der Waals surface area contributed by atoms with Gasteiger partial charge in [0.2, 0.25) is 0 Å². The lowest BCUT2D eigenvalue weighted by atomic mass is 9.94. The molecule has 0 unspecified atom stereocenters. The van der Waals surface area contributed by atoms with E-state index in [-0.39, 0.29) is 12.2 Å². The summed E-state index contributed by atoms with van der Waals surface area (Å²) in [6, 6.07) is 7.47. The second-order valence-electron chi connectivity index (χ2n) is 4.09. The molecule has 0 radical (unpaired) electrons. The van der Waals surface area contributed by atoms with E-state index in [1.807, 2.05) is 24.3 Å². The molecule has 0 saturated carbocycles. The Labute approximate surface area is 98.3 Å². The quantitative estimate of drug-likeness (QED) is 0.848. The highest BCUT2D eigenvalue weighted by atomic mass is 16.4. The molecule has 1 heterocycles. The van der Waals surface area contributed by atoms with Crippen LogP contribution in [0.2, 0.25) is 0 Å². The average molecular weight is 231 g/mol. The molecule has 0 amide bonds. The summed E-state index contributed by atoms with van der Waals surface area (Å²) in [7, 11) is 0. The zero-order chi connectivity index (χ0) is 12.4. The lowest BCUT2D eigenvalue weighted by molar-refractivity contribution is -0.140. The second-order valence-corrected chi connectivity index (χ2v) is 4.09. The Kier molecular flexibility index (Phi) is 2.95. The highest BCUT2D eigenvalue weighted by molar-refractivity contribution is 5.92. The molecular weight excluding hydrogens is 218 g/mol. The van der Waals surface area contributed by atoms with Crippen LogP contribution in [0.5, 0.6) is 0 Å². The van der Waals surface area contributed by atoms with Crippen molar-refractivity contribution in [2.45, 2.75) is 19.3 Å². The maximum absolute atomic E-state index is 11.2. The van der Waals surface area contributed by atoms with Crippen LogP contribution in [0, 0.1) is 0 Å². The van der Waals surface area contributed by atoms with Crippen LogP contribution in [-0.2, 0) is 9.59 Å². The number of Topliss-reactive ketones (excluding diaryl/α,β-unsaturated/α-hetero) is 1. The van der Waals surface area contributed by atoms with Crippen molar-refractivity contribution in [2.75, 3.05) is 0 Å². The van der Waals surface area contributed by atoms with Crippen LogP contribution in [0.3, 0.4) is 0 Å². The Morgan fingerprint density at radius 2 is 2.06 bits per heavy atom. The van der Waals surface area contributed by atoms with Crippen molar-refractivity contribution < 1.29 is 14.7 Å². The largest absolute Gasteiger partial charge is 0.481 e. The number of aromatic nitrogens is 1. The number of carboxylic acids is 1. The summed E-state index contributed by atoms with van der Waals surface area (Å²) in [5.41, 5.74) is 1.56. The first-order chi connectivity index (χ1) is 8.09. The zero-order valence-corrected chi connectivity index (χ0v) is 9.43. The van der Waals surface area contributed by atoms with E-state index in [4.69, 9.17) is 0 Å². The molecule has 2 N–H and O–H groups in total. The van der Waals surface area contributed by atoms with Crippen molar-refractivity contribution in [3.63, 3.8) is 0 Å². The Morgan fingerprint density at radius 3 is 2.71 bits per heavy atom. The third-order valence-electron chi connectivity index (χ3n) is 2.79. The molecule has 2 rings (SSSR count). The van der Waals surface area contributed by atoms with Gasteiger partial charge in [-0.15, -0.1) is 0 Å². The monoisotopic (exact) mass is 231 g/mol. The molecule has 4 heteroatoms. The maximum atomic E-state index is 11.2. The van der Waals surface area contributed by atoms with Crippen LogP contribution >= 0.6 is 0 Å². The summed E-state index contributed by atoms with van der Waals surface area (Å²) in [6.45, 7) is 1.41. The SMILES string of the molecule is CC(=O)C[C@H](C(=O)O)c1c[nH]c2ccccc12. The van der Waals surface area contributed by atoms with E-state index in [1.54, 1.807) is 6.20 Å². The normalized spacial score (nSPS) is 12.5. The fraction of sp³-hybridized carbons (Fsp3) is 0.231. The van der Waals surface area contributed by atoms with E-state index < -0.39 is 11.9 Å². The number of carbonyl (C=O) groups excluding carboxylic acids is 1. The van der Waals surface area contributed by atoms with E-state index in [0.717, 1.165) is 10.9 Å². The number of carbonyl (C=O) groups is 2. The van der Waals surface area contributed by atoms with Crippen molar-refractivity contribution in [2.24, 2.45) is 0 Å². The number of rotatable bonds is 4. The van der Waals surface area contributed by atoms with Crippen LogP contribution in [0.4, 0.5) is 0 Å². The molecule has 0 bridgehead atoms. The Bertz CT molecular complexity index is 571. The van der Waals surface area contributed by atoms with Crippen LogP contribution in [0.1, 0.15) is 24.8 Å². The van der Waals surface area contributed by atoms with Crippen molar-refractivity contribution in [3.8, 4) is 0 Å². The molecule has 0 aliphatic carbocycles. The van der Waals surface area contributed by atoms with E-state index in [2.05, 4.69) is 4.98 Å². The molecule has 1 atom stereocenters. The standard InChI is InChI=1S/C13H13NO3/c1-8(15)6-10(13(16)17)11-7-14-12-5-3-2-4-9(11)12/h2-5,7,10,14H,6H2,1H3,(H,16,17)/t10-/m0/s1. The number of para-hydroxylation sites is 1. The lowest BCUT2D eigenvalue weighted by Gasteiger charge is -2.09. The van der Waals surface area contributed by atoms with Crippen LogP contribution in [0.25, 0.3) is 10.9 Å². The summed E-state index contributed by atoms with van der Waals surface area (Å²) in [5, 5.41) is 10.0. The molecule has 0 saturated heterocycles. The summed E-state index contributed by atoms with van der Waals surface area (Å²) in [6.07, 6.45) is 1.70. The van der Waals surface area contributed by atoms with Crippen molar-refractivity contribution >= 4 is 22.7 Å². The molecule has 88 valence electrons. The molecule has 1 aromatic heterocycles. The Morgan fingerprint density at radius 1 is 1.35 bits per heavy atom. The first-order valence-electron chi connectivity index (χ1n) is 5.38. The molecule has 0 fully saturated rings. The highest BCUT2D eigenvalue weighted by Crippen LogP contribution is 2.28. The minimum atomic E-state index is -0.968. The fourth-order valence-electron chi connectivity index (χ4n) is 2.00. The van der Waals surface area contributed by atoms with Gasteiger partial charge in [-0.3, -0.25) is 9.59 Å². The smallest absolute Gasteiger partial charge is 0.311 e. The second kappa shape index (κ2) is 4.41. The summed E-state index contributed by atoms with van der Waals surface area (Å²) < 4.78 is 0. The van der Waals surface area contributed by atoms with Gasteiger partial charge in [0, 0.05) is 23.5 Å². The van der Waals surface area contributed by atoms with Crippen LogP contribution in [-0.4, -0.2) is 21.8 Å². The van der Waals surface area contributed by atoms with E-state index in [9.17, 15) is 14.7 Å². The van der Waals surface area contributed by atoms with Gasteiger partial charge in [-0.25, -0.2) is 0 Å². The number of aromatic amines is 1. The van der Waals surface area contributed by atoms with Crippen molar-refractivity contribution in [1.82, 2.24) is 4.98 Å². The molecule has 2 aromatic rings. The van der Waals surface area contributed by atoms with Gasteiger partial charge in [0.05, 0.1) is 5.92 Å². The average Bonchev–Trinajstić information content (AvgIpc) is 2.69. The van der Waals surface area contributed by atoms with E-state index >= 15 is 0 Å². The summed E-state index contributed by atoms with van der Waals surface area (Å²) >= 11 is 0. The van der Waals surface area contributed by atoms with Crippen molar-refractivity contribution in [1.29, 1.82) is 0 Å². The van der Waals surface area contributed by atoms with Gasteiger partial charge in [0.25, 0.3) is 0 Å². The van der Waals surface area contributed by atoms with Crippen molar-refractivity contribution in [3.05, 3.63) is 36.0 Å². The first-order valence-corrected chi connectivity index (χ1v) is 5.38. The van der Waals surface area contributed by atoms with Gasteiger partial charge in [0.15, 0.2) is 0 Å². The molecule has 0 spiro atoms. The minimum absolute atomic E-state index is 0.0250. The van der Waals surface area contributed by atoms with Gasteiger partial charge in [0.1, 0.15) is 5.78 Å². The predicted octanol–water partition coefficient (Wildman–Crippen LogP) is 2.32. The minimum Gasteiger partial charge on any atom is -0.481 e. The van der Waals surface area contributed by atoms with Gasteiger partial charge in [-0.2, -0.15) is 0 Å². The van der Waals surface area contributed by atoms with Gasteiger partial charge in [-0.1, -0.05) is 18.2 Å². The molecule has 17 heavy (non-hydrogen) atoms. The molecule has 1 aromatic carbocycles. The number of carboxylic acid groups (broad SMARTS) is 1. The van der Waals surface area contributed by atoms with Gasteiger partial charge >= 0.3 is 5.97 Å². The highest BCUT2D eigenvalue weighted by Gasteiger charge is 2.24. The number of fused-ring (bicyclic) bond motifs is 1. The zero-order valence-electron chi connectivity index (χ0n) is 9.43. The molecule has 4 nitrogen and oxygen atoms in total. The van der Waals surface area contributed by atoms with E-state index in [0.29, 0.717) is 5.56 Å². The van der Waals surface area contributed by atoms with Gasteiger partial charge in [-0.05, 0) is 18.6 Å². The Hall–Kier alpha value is -2.10. The number of hydrogen-bond donors (Lipinski definition) is 2. The van der Waals surface area contributed by atoms with Gasteiger partial charge < -0.3 is 10.1 Å². The van der Waals surface area contributed by atoms with E-state index in [1.165, 1.54) is 6.92 Å².